The summed E-state index contributed by atoms with van der Waals surface area (Å²) >= 11 is 0. The summed E-state index contributed by atoms with van der Waals surface area (Å²) < 4.78 is 32.0. The smallest absolute Gasteiger partial charge is 0.251 e. The van der Waals surface area contributed by atoms with Gasteiger partial charge in [0.2, 0.25) is 10.0 Å². The minimum Gasteiger partial charge on any atom is -0.379 e. The first-order valence-corrected chi connectivity index (χ1v) is 10.7. The molecule has 2 N–H and O–H groups in total. The molecule has 146 valence electrons. The lowest BCUT2D eigenvalue weighted by atomic mass is 10.2. The number of sulfonamides is 1. The van der Waals surface area contributed by atoms with Crippen molar-refractivity contribution in [1.29, 1.82) is 0 Å². The molecule has 1 amide bonds. The number of nitrogens with zero attached hydrogens (tertiary/aromatic N) is 1. The third-order valence-electron chi connectivity index (χ3n) is 4.70. The van der Waals surface area contributed by atoms with E-state index in [1.807, 2.05) is 0 Å². The first kappa shape index (κ1) is 20.8. The molecule has 0 spiro atoms. The maximum Gasteiger partial charge on any atom is 0.251 e. The Morgan fingerprint density at radius 3 is 2.58 bits per heavy atom. The molecule has 0 aliphatic carbocycles. The molecule has 1 aliphatic heterocycles. The summed E-state index contributed by atoms with van der Waals surface area (Å²) in [6.45, 7) is 9.52. The van der Waals surface area contributed by atoms with Crippen molar-refractivity contribution in [2.75, 3.05) is 52.5 Å². The Bertz CT molecular complexity index is 683. The van der Waals surface area contributed by atoms with Gasteiger partial charge in [-0.15, -0.1) is 0 Å². The lowest BCUT2D eigenvalue weighted by Gasteiger charge is -2.26. The zero-order valence-corrected chi connectivity index (χ0v) is 16.5. The van der Waals surface area contributed by atoms with Crippen molar-refractivity contribution >= 4 is 15.9 Å². The number of amides is 1. The van der Waals surface area contributed by atoms with Gasteiger partial charge in [0.25, 0.3) is 5.91 Å². The summed E-state index contributed by atoms with van der Waals surface area (Å²) in [5, 5.41) is 2.88. The molecular weight excluding hydrogens is 354 g/mol. The van der Waals surface area contributed by atoms with E-state index in [1.165, 1.54) is 21.3 Å². The van der Waals surface area contributed by atoms with Gasteiger partial charge in [-0.3, -0.25) is 4.79 Å². The summed E-state index contributed by atoms with van der Waals surface area (Å²) in [6, 6.07) is 6.24. The number of carbonyl (C=O) groups excluding carboxylic acids is 1. The Hall–Kier alpha value is -1.48. The summed E-state index contributed by atoms with van der Waals surface area (Å²) in [7, 11) is -3.59. The number of benzene rings is 1. The van der Waals surface area contributed by atoms with Crippen LogP contribution in [0.3, 0.4) is 0 Å². The van der Waals surface area contributed by atoms with Crippen molar-refractivity contribution in [2.24, 2.45) is 0 Å². The molecule has 1 saturated heterocycles. The molecule has 1 fully saturated rings. The fraction of sp³-hybridized carbons (Fsp3) is 0.611. The lowest BCUT2D eigenvalue weighted by molar-refractivity contribution is -0.896. The van der Waals surface area contributed by atoms with Crippen molar-refractivity contribution in [1.82, 2.24) is 9.62 Å². The molecule has 0 atom stereocenters. The van der Waals surface area contributed by atoms with E-state index in [0.717, 1.165) is 26.1 Å². The molecule has 8 heteroatoms. The number of ether oxygens (including phenoxy) is 1. The monoisotopic (exact) mass is 384 g/mol. The predicted molar refractivity (Wildman–Crippen MR) is 99.9 cm³/mol. The molecule has 0 bridgehead atoms. The van der Waals surface area contributed by atoms with E-state index in [0.29, 0.717) is 38.4 Å². The molecule has 26 heavy (non-hydrogen) atoms. The topological polar surface area (TPSA) is 80.2 Å². The molecule has 1 aliphatic rings. The molecular formula is C18H30N3O4S+. The van der Waals surface area contributed by atoms with Gasteiger partial charge >= 0.3 is 0 Å². The Morgan fingerprint density at radius 1 is 1.23 bits per heavy atom. The molecule has 2 rings (SSSR count). The minimum absolute atomic E-state index is 0.152. The van der Waals surface area contributed by atoms with Crippen molar-refractivity contribution in [3.05, 3.63) is 29.8 Å². The van der Waals surface area contributed by atoms with Gasteiger partial charge < -0.3 is 15.0 Å². The van der Waals surface area contributed by atoms with E-state index in [1.54, 1.807) is 12.1 Å². The number of nitrogens with one attached hydrogen (secondary N) is 2. The van der Waals surface area contributed by atoms with Crippen LogP contribution in [0.2, 0.25) is 0 Å². The van der Waals surface area contributed by atoms with Gasteiger partial charge in [0.1, 0.15) is 0 Å². The quantitative estimate of drug-likeness (QED) is 0.576. The zero-order chi connectivity index (χ0) is 19.0. The largest absolute Gasteiger partial charge is 0.379 e. The molecule has 0 unspecified atom stereocenters. The van der Waals surface area contributed by atoms with Crippen molar-refractivity contribution in [3.8, 4) is 0 Å². The van der Waals surface area contributed by atoms with E-state index < -0.39 is 10.0 Å². The number of rotatable bonds is 9. The van der Waals surface area contributed by atoms with Crippen LogP contribution < -0.4 is 10.2 Å². The SMILES string of the molecule is CC[NH+](CC)CCCNC(=O)c1cccc(S(=O)(=O)N2CCOCC2)c1. The van der Waals surface area contributed by atoms with Gasteiger partial charge in [-0.05, 0) is 32.0 Å². The van der Waals surface area contributed by atoms with Gasteiger partial charge in [-0.25, -0.2) is 8.42 Å². The van der Waals surface area contributed by atoms with Crippen LogP contribution in [0, 0.1) is 0 Å². The van der Waals surface area contributed by atoms with Crippen molar-refractivity contribution in [3.63, 3.8) is 0 Å². The number of carbonyl (C=O) groups is 1. The second-order valence-corrected chi connectivity index (χ2v) is 8.30. The highest BCUT2D eigenvalue weighted by molar-refractivity contribution is 7.89. The predicted octanol–water partition coefficient (Wildman–Crippen LogP) is -0.248. The van der Waals surface area contributed by atoms with Crippen LogP contribution in [-0.2, 0) is 14.8 Å². The summed E-state index contributed by atoms with van der Waals surface area (Å²) in [5.41, 5.74) is 0.370. The molecule has 0 radical (unpaired) electrons. The lowest BCUT2D eigenvalue weighted by Crippen LogP contribution is -3.11. The van der Waals surface area contributed by atoms with Gasteiger partial charge in [-0.2, -0.15) is 4.31 Å². The molecule has 0 aromatic heterocycles. The van der Waals surface area contributed by atoms with Crippen LogP contribution in [0.15, 0.2) is 29.2 Å². The van der Waals surface area contributed by atoms with E-state index in [2.05, 4.69) is 19.2 Å². The fourth-order valence-electron chi connectivity index (χ4n) is 2.98. The first-order chi connectivity index (χ1) is 12.5. The summed E-state index contributed by atoms with van der Waals surface area (Å²) in [4.78, 5) is 14.0. The van der Waals surface area contributed by atoms with Crippen LogP contribution >= 0.6 is 0 Å². The third kappa shape index (κ3) is 5.51. The molecule has 0 saturated carbocycles. The summed E-state index contributed by atoms with van der Waals surface area (Å²) in [6.07, 6.45) is 0.897. The van der Waals surface area contributed by atoms with Gasteiger partial charge in [-0.1, -0.05) is 6.07 Å². The van der Waals surface area contributed by atoms with Crippen LogP contribution in [0.4, 0.5) is 0 Å². The standard InChI is InChI=1S/C18H29N3O4S/c1-3-20(4-2)10-6-9-19-18(22)16-7-5-8-17(15-16)26(23,24)21-11-13-25-14-12-21/h5,7-8,15H,3-4,6,9-14H2,1-2H3,(H,19,22)/p+1. The number of morpholine rings is 1. The maximum absolute atomic E-state index is 12.7. The Labute approximate surface area is 156 Å². The average molecular weight is 385 g/mol. The van der Waals surface area contributed by atoms with E-state index >= 15 is 0 Å². The highest BCUT2D eigenvalue weighted by Gasteiger charge is 2.26. The summed E-state index contributed by atoms with van der Waals surface area (Å²) in [5.74, 6) is -0.237. The van der Waals surface area contributed by atoms with Crippen molar-refractivity contribution in [2.45, 2.75) is 25.2 Å². The van der Waals surface area contributed by atoms with Gasteiger partial charge in [0.05, 0.1) is 37.7 Å². The molecule has 1 aromatic rings. The average Bonchev–Trinajstić information content (AvgIpc) is 2.68. The highest BCUT2D eigenvalue weighted by atomic mass is 32.2. The molecule has 1 heterocycles. The minimum atomic E-state index is -3.59. The van der Waals surface area contributed by atoms with Crippen molar-refractivity contribution < 1.29 is 22.8 Å². The normalized spacial score (nSPS) is 16.0. The molecule has 1 aromatic carbocycles. The Kier molecular flexibility index (Phi) is 8.02. The fourth-order valence-corrected chi connectivity index (χ4v) is 4.43. The van der Waals surface area contributed by atoms with Gasteiger partial charge in [0, 0.05) is 31.6 Å². The van der Waals surface area contributed by atoms with Crippen LogP contribution in [0.1, 0.15) is 30.6 Å². The zero-order valence-electron chi connectivity index (χ0n) is 15.7. The third-order valence-corrected chi connectivity index (χ3v) is 6.59. The van der Waals surface area contributed by atoms with E-state index in [9.17, 15) is 13.2 Å². The second-order valence-electron chi connectivity index (χ2n) is 6.36. The molecule has 7 nitrogen and oxygen atoms in total. The van der Waals surface area contributed by atoms with Crippen LogP contribution in [0.25, 0.3) is 0 Å². The highest BCUT2D eigenvalue weighted by Crippen LogP contribution is 2.18. The Morgan fingerprint density at radius 2 is 1.92 bits per heavy atom. The van der Waals surface area contributed by atoms with Gasteiger partial charge in [0.15, 0.2) is 0 Å². The van der Waals surface area contributed by atoms with E-state index in [-0.39, 0.29) is 10.8 Å². The second kappa shape index (κ2) is 10.0. The van der Waals surface area contributed by atoms with Crippen LogP contribution in [-0.4, -0.2) is 71.1 Å². The number of quaternary nitrogens is 1. The van der Waals surface area contributed by atoms with E-state index in [4.69, 9.17) is 4.74 Å². The first-order valence-electron chi connectivity index (χ1n) is 9.28. The van der Waals surface area contributed by atoms with Crippen LogP contribution in [0.5, 0.6) is 0 Å². The Balaban J connectivity index is 1.96. The number of hydrogen-bond acceptors (Lipinski definition) is 4. The maximum atomic E-state index is 12.7. The number of hydrogen-bond donors (Lipinski definition) is 2.